The molecule has 0 spiro atoms. The average molecular weight is 205 g/mol. The van der Waals surface area contributed by atoms with Crippen molar-refractivity contribution < 1.29 is 13.0 Å². The Balaban J connectivity index is 0.000000252. The fraction of sp³-hybridized carbons (Fsp3) is 0.333. The normalized spacial score (nSPS) is 10.1. The number of aromatic nitrogens is 2. The fourth-order valence-corrected chi connectivity index (χ4v) is 0.435. The first-order valence-corrected chi connectivity index (χ1v) is 5.16. The summed E-state index contributed by atoms with van der Waals surface area (Å²) in [5, 5.41) is 0. The zero-order valence-corrected chi connectivity index (χ0v) is 7.90. The van der Waals surface area contributed by atoms with Crippen molar-refractivity contribution in [3.8, 4) is 0 Å². The van der Waals surface area contributed by atoms with Crippen LogP contribution in [0, 0.1) is 0 Å². The molecule has 0 aliphatic heterocycles. The van der Waals surface area contributed by atoms with Gasteiger partial charge in [0.15, 0.2) is 0 Å². The van der Waals surface area contributed by atoms with E-state index in [0.29, 0.717) is 18.6 Å². The largest absolute Gasteiger partial charge is 0.324 e. The van der Waals surface area contributed by atoms with Crippen molar-refractivity contribution in [2.45, 2.75) is 6.54 Å². The predicted octanol–water partition coefficient (Wildman–Crippen LogP) is -0.561. The quantitative estimate of drug-likeness (QED) is 0.595. The van der Waals surface area contributed by atoms with Crippen LogP contribution in [-0.4, -0.2) is 29.2 Å². The number of nitrogens with zero attached hydrogens (tertiary/aromatic N) is 2. The van der Waals surface area contributed by atoms with Crippen LogP contribution in [0.15, 0.2) is 18.5 Å². The van der Waals surface area contributed by atoms with Gasteiger partial charge < -0.3 is 5.73 Å². The lowest BCUT2D eigenvalue weighted by atomic mass is 10.6. The summed E-state index contributed by atoms with van der Waals surface area (Å²) in [6.45, 7) is 0.418. The molecule has 0 saturated carbocycles. The molecule has 0 atom stereocenters. The zero-order valence-electron chi connectivity index (χ0n) is 7.08. The van der Waals surface area contributed by atoms with Crippen LogP contribution in [0.1, 0.15) is 5.82 Å². The standard InChI is InChI=1S/C5H7N3.CH4O3S/c6-4-5-7-2-1-3-8-5;1-5(2,3)4/h1-3H,4,6H2;1H3,(H,2,3,4). The average Bonchev–Trinajstić information content (AvgIpc) is 2.03. The van der Waals surface area contributed by atoms with E-state index in [1.165, 1.54) is 0 Å². The van der Waals surface area contributed by atoms with Crippen LogP contribution in [0.3, 0.4) is 0 Å². The summed E-state index contributed by atoms with van der Waals surface area (Å²) in [6, 6.07) is 1.76. The fourth-order valence-electron chi connectivity index (χ4n) is 0.435. The molecular formula is C6H11N3O3S. The van der Waals surface area contributed by atoms with E-state index in [0.717, 1.165) is 0 Å². The molecule has 1 rings (SSSR count). The van der Waals surface area contributed by atoms with E-state index in [4.69, 9.17) is 10.3 Å². The minimum atomic E-state index is -3.67. The minimum Gasteiger partial charge on any atom is -0.324 e. The zero-order chi connectivity index (χ0) is 10.3. The summed E-state index contributed by atoms with van der Waals surface area (Å²) in [7, 11) is -3.67. The Morgan fingerprint density at radius 1 is 1.46 bits per heavy atom. The third kappa shape index (κ3) is 10.9. The molecule has 74 valence electrons. The number of rotatable bonds is 1. The summed E-state index contributed by atoms with van der Waals surface area (Å²) in [4.78, 5) is 7.72. The van der Waals surface area contributed by atoms with E-state index in [-0.39, 0.29) is 0 Å². The Hall–Kier alpha value is -1.05. The maximum absolute atomic E-state index is 9.19. The topological polar surface area (TPSA) is 106 Å². The van der Waals surface area contributed by atoms with E-state index in [1.807, 2.05) is 0 Å². The van der Waals surface area contributed by atoms with Gasteiger partial charge in [-0.15, -0.1) is 0 Å². The third-order valence-corrected chi connectivity index (χ3v) is 0.802. The highest BCUT2D eigenvalue weighted by molar-refractivity contribution is 7.85. The van der Waals surface area contributed by atoms with Gasteiger partial charge in [-0.3, -0.25) is 4.55 Å². The third-order valence-electron chi connectivity index (χ3n) is 0.802. The molecule has 0 aliphatic rings. The summed E-state index contributed by atoms with van der Waals surface area (Å²) >= 11 is 0. The minimum absolute atomic E-state index is 0.418. The Morgan fingerprint density at radius 3 is 2.08 bits per heavy atom. The van der Waals surface area contributed by atoms with Crippen LogP contribution < -0.4 is 5.73 Å². The maximum atomic E-state index is 9.19. The molecule has 0 fully saturated rings. The lowest BCUT2D eigenvalue weighted by molar-refractivity contribution is 0.490. The molecule has 6 nitrogen and oxygen atoms in total. The molecule has 0 amide bonds. The Labute approximate surface area is 76.6 Å². The highest BCUT2D eigenvalue weighted by Gasteiger charge is 1.83. The van der Waals surface area contributed by atoms with Crippen molar-refractivity contribution in [3.05, 3.63) is 24.3 Å². The second-order valence-electron chi connectivity index (χ2n) is 2.10. The van der Waals surface area contributed by atoms with E-state index in [9.17, 15) is 8.42 Å². The van der Waals surface area contributed by atoms with Crippen molar-refractivity contribution in [2.24, 2.45) is 5.73 Å². The molecule has 0 aliphatic carbocycles. The second-order valence-corrected chi connectivity index (χ2v) is 3.57. The molecule has 0 bridgehead atoms. The SMILES string of the molecule is CS(=O)(=O)O.NCc1ncccn1. The van der Waals surface area contributed by atoms with Crippen LogP contribution in [0.5, 0.6) is 0 Å². The van der Waals surface area contributed by atoms with Crippen LogP contribution in [0.25, 0.3) is 0 Å². The van der Waals surface area contributed by atoms with Crippen molar-refractivity contribution >= 4 is 10.1 Å². The molecule has 0 radical (unpaired) electrons. The van der Waals surface area contributed by atoms with E-state index in [1.54, 1.807) is 18.5 Å². The molecule has 0 unspecified atom stereocenters. The molecule has 1 aromatic heterocycles. The van der Waals surface area contributed by atoms with Crippen molar-refractivity contribution in [2.75, 3.05) is 6.26 Å². The van der Waals surface area contributed by atoms with Crippen LogP contribution in [0.2, 0.25) is 0 Å². The van der Waals surface area contributed by atoms with E-state index >= 15 is 0 Å². The van der Waals surface area contributed by atoms with Gasteiger partial charge in [0.2, 0.25) is 0 Å². The van der Waals surface area contributed by atoms with E-state index < -0.39 is 10.1 Å². The van der Waals surface area contributed by atoms with Gasteiger partial charge in [-0.1, -0.05) is 0 Å². The van der Waals surface area contributed by atoms with Crippen LogP contribution in [0.4, 0.5) is 0 Å². The van der Waals surface area contributed by atoms with Crippen molar-refractivity contribution in [3.63, 3.8) is 0 Å². The highest BCUT2D eigenvalue weighted by Crippen LogP contribution is 1.81. The summed E-state index contributed by atoms with van der Waals surface area (Å²) in [5.74, 6) is 0.688. The summed E-state index contributed by atoms with van der Waals surface area (Å²) < 4.78 is 25.9. The number of hydrogen-bond donors (Lipinski definition) is 2. The number of hydrogen-bond acceptors (Lipinski definition) is 5. The number of nitrogens with two attached hydrogens (primary N) is 1. The highest BCUT2D eigenvalue weighted by atomic mass is 32.2. The van der Waals surface area contributed by atoms with Gasteiger partial charge in [-0.2, -0.15) is 8.42 Å². The van der Waals surface area contributed by atoms with Gasteiger partial charge in [0.05, 0.1) is 12.8 Å². The molecular weight excluding hydrogens is 194 g/mol. The van der Waals surface area contributed by atoms with E-state index in [2.05, 4.69) is 9.97 Å². The van der Waals surface area contributed by atoms with Gasteiger partial charge >= 0.3 is 0 Å². The Kier molecular flexibility index (Phi) is 5.12. The van der Waals surface area contributed by atoms with Gasteiger partial charge in [-0.25, -0.2) is 9.97 Å². The van der Waals surface area contributed by atoms with Gasteiger partial charge in [0.1, 0.15) is 5.82 Å². The summed E-state index contributed by atoms with van der Waals surface area (Å²) in [5.41, 5.74) is 5.22. The first-order valence-electron chi connectivity index (χ1n) is 3.32. The van der Waals surface area contributed by atoms with Gasteiger partial charge in [0.25, 0.3) is 10.1 Å². The van der Waals surface area contributed by atoms with Crippen LogP contribution >= 0.6 is 0 Å². The van der Waals surface area contributed by atoms with Crippen molar-refractivity contribution in [1.29, 1.82) is 0 Å². The molecule has 1 heterocycles. The molecule has 0 saturated heterocycles. The predicted molar refractivity (Wildman–Crippen MR) is 47.4 cm³/mol. The Bertz CT molecular complexity index is 316. The monoisotopic (exact) mass is 205 g/mol. The van der Waals surface area contributed by atoms with Crippen LogP contribution in [-0.2, 0) is 16.7 Å². The summed E-state index contributed by atoms with van der Waals surface area (Å²) in [6.07, 6.45) is 4.07. The lowest BCUT2D eigenvalue weighted by Gasteiger charge is -1.88. The molecule has 7 heteroatoms. The van der Waals surface area contributed by atoms with Gasteiger partial charge in [0, 0.05) is 12.4 Å². The molecule has 13 heavy (non-hydrogen) atoms. The first kappa shape index (κ1) is 11.9. The molecule has 0 aromatic carbocycles. The van der Waals surface area contributed by atoms with Gasteiger partial charge in [-0.05, 0) is 6.07 Å². The second kappa shape index (κ2) is 5.57. The maximum Gasteiger partial charge on any atom is 0.261 e. The molecule has 1 aromatic rings. The van der Waals surface area contributed by atoms with Crippen molar-refractivity contribution in [1.82, 2.24) is 9.97 Å². The Morgan fingerprint density at radius 2 is 1.85 bits per heavy atom. The smallest absolute Gasteiger partial charge is 0.261 e. The molecule has 3 N–H and O–H groups in total. The first-order chi connectivity index (χ1) is 5.93. The lowest BCUT2D eigenvalue weighted by Crippen LogP contribution is -2.00.